The molecule has 0 aliphatic heterocycles. The van der Waals surface area contributed by atoms with Crippen LogP contribution in [-0.2, 0) is 6.42 Å². The van der Waals surface area contributed by atoms with Gasteiger partial charge < -0.3 is 5.32 Å². The molecule has 2 unspecified atom stereocenters. The Labute approximate surface area is 106 Å². The van der Waals surface area contributed by atoms with Crippen molar-refractivity contribution in [2.45, 2.75) is 64.5 Å². The van der Waals surface area contributed by atoms with Gasteiger partial charge in [-0.1, -0.05) is 44.5 Å². The Kier molecular flexibility index (Phi) is 4.61. The Hall–Kier alpha value is -0.820. The summed E-state index contributed by atoms with van der Waals surface area (Å²) in [5.41, 5.74) is 3.11. The molecule has 0 radical (unpaired) electrons. The molecule has 2 rings (SSSR count). The molecule has 0 saturated carbocycles. The molecule has 0 bridgehead atoms. The van der Waals surface area contributed by atoms with Crippen LogP contribution in [0.3, 0.4) is 0 Å². The first-order valence-corrected chi connectivity index (χ1v) is 7.19. The van der Waals surface area contributed by atoms with E-state index in [-0.39, 0.29) is 0 Å². The van der Waals surface area contributed by atoms with Crippen LogP contribution in [0.4, 0.5) is 0 Å². The molecule has 1 aliphatic rings. The molecular weight excluding hydrogens is 206 g/mol. The molecule has 0 fully saturated rings. The lowest BCUT2D eigenvalue weighted by atomic mass is 9.87. The van der Waals surface area contributed by atoms with E-state index in [1.165, 1.54) is 38.5 Å². The summed E-state index contributed by atoms with van der Waals surface area (Å²) in [7, 11) is 0. The normalized spacial score (nSPS) is 20.9. The highest BCUT2D eigenvalue weighted by molar-refractivity contribution is 5.32. The summed E-state index contributed by atoms with van der Waals surface area (Å²) in [4.78, 5) is 0. The van der Waals surface area contributed by atoms with E-state index in [1.54, 1.807) is 11.1 Å². The van der Waals surface area contributed by atoms with Crippen LogP contribution in [0.2, 0.25) is 0 Å². The molecule has 94 valence electrons. The third kappa shape index (κ3) is 3.10. The van der Waals surface area contributed by atoms with Crippen molar-refractivity contribution in [1.82, 2.24) is 5.32 Å². The van der Waals surface area contributed by atoms with Crippen molar-refractivity contribution in [2.24, 2.45) is 0 Å². The van der Waals surface area contributed by atoms with Gasteiger partial charge in [-0.2, -0.15) is 0 Å². The second-order valence-corrected chi connectivity index (χ2v) is 5.20. The average molecular weight is 231 g/mol. The lowest BCUT2D eigenvalue weighted by molar-refractivity contribution is 0.370. The minimum Gasteiger partial charge on any atom is -0.307 e. The summed E-state index contributed by atoms with van der Waals surface area (Å²) >= 11 is 0. The Bertz CT molecular complexity index is 345. The van der Waals surface area contributed by atoms with Crippen molar-refractivity contribution < 1.29 is 0 Å². The minimum absolute atomic E-state index is 0.594. The van der Waals surface area contributed by atoms with Crippen LogP contribution in [0.1, 0.15) is 63.1 Å². The summed E-state index contributed by atoms with van der Waals surface area (Å²) < 4.78 is 0. The fraction of sp³-hybridized carbons (Fsp3) is 0.625. The van der Waals surface area contributed by atoms with Crippen LogP contribution in [-0.4, -0.2) is 6.04 Å². The third-order valence-corrected chi connectivity index (χ3v) is 3.94. The van der Waals surface area contributed by atoms with Crippen molar-refractivity contribution >= 4 is 0 Å². The quantitative estimate of drug-likeness (QED) is 0.799. The van der Waals surface area contributed by atoms with Crippen LogP contribution >= 0.6 is 0 Å². The van der Waals surface area contributed by atoms with Crippen molar-refractivity contribution in [3.63, 3.8) is 0 Å². The van der Waals surface area contributed by atoms with Gasteiger partial charge in [0.25, 0.3) is 0 Å². The zero-order valence-electron chi connectivity index (χ0n) is 11.2. The van der Waals surface area contributed by atoms with Gasteiger partial charge in [-0.25, -0.2) is 0 Å². The van der Waals surface area contributed by atoms with Gasteiger partial charge >= 0.3 is 0 Å². The molecule has 1 N–H and O–H groups in total. The van der Waals surface area contributed by atoms with Crippen molar-refractivity contribution in [2.75, 3.05) is 0 Å². The van der Waals surface area contributed by atoms with E-state index in [9.17, 15) is 0 Å². The monoisotopic (exact) mass is 231 g/mol. The largest absolute Gasteiger partial charge is 0.307 e. The number of benzene rings is 1. The lowest BCUT2D eigenvalue weighted by Crippen LogP contribution is -2.34. The Morgan fingerprint density at radius 2 is 2.12 bits per heavy atom. The van der Waals surface area contributed by atoms with E-state index in [2.05, 4.69) is 43.4 Å². The van der Waals surface area contributed by atoms with Crippen LogP contribution in [0, 0.1) is 0 Å². The van der Waals surface area contributed by atoms with Gasteiger partial charge in [-0.15, -0.1) is 0 Å². The first kappa shape index (κ1) is 12.6. The highest BCUT2D eigenvalue weighted by Crippen LogP contribution is 2.30. The topological polar surface area (TPSA) is 12.0 Å². The van der Waals surface area contributed by atoms with E-state index < -0.39 is 0 Å². The Morgan fingerprint density at radius 3 is 2.88 bits per heavy atom. The number of aryl methyl sites for hydroxylation is 1. The van der Waals surface area contributed by atoms with Gasteiger partial charge in [-0.05, 0) is 43.2 Å². The highest BCUT2D eigenvalue weighted by Gasteiger charge is 2.21. The molecule has 0 spiro atoms. The van der Waals surface area contributed by atoms with Gasteiger partial charge in [0.2, 0.25) is 0 Å². The average Bonchev–Trinajstić information content (AvgIpc) is 2.38. The summed E-state index contributed by atoms with van der Waals surface area (Å²) in [6.45, 7) is 4.57. The van der Waals surface area contributed by atoms with Crippen LogP contribution in [0.5, 0.6) is 0 Å². The van der Waals surface area contributed by atoms with Crippen molar-refractivity contribution in [3.8, 4) is 0 Å². The standard InChI is InChI=1S/C16H25N/c1-3-8-14(4-2)17-16-12-7-10-13-9-5-6-11-15(13)16/h5-6,9,11,14,16-17H,3-4,7-8,10,12H2,1-2H3. The van der Waals surface area contributed by atoms with Crippen molar-refractivity contribution in [3.05, 3.63) is 35.4 Å². The maximum absolute atomic E-state index is 3.86. The zero-order chi connectivity index (χ0) is 12.1. The fourth-order valence-electron chi connectivity index (χ4n) is 2.97. The summed E-state index contributed by atoms with van der Waals surface area (Å²) in [5, 5.41) is 3.86. The summed E-state index contributed by atoms with van der Waals surface area (Å²) in [5.74, 6) is 0. The molecule has 17 heavy (non-hydrogen) atoms. The smallest absolute Gasteiger partial charge is 0.0325 e. The number of hydrogen-bond acceptors (Lipinski definition) is 1. The maximum atomic E-state index is 3.86. The van der Waals surface area contributed by atoms with Crippen molar-refractivity contribution in [1.29, 1.82) is 0 Å². The number of fused-ring (bicyclic) bond motifs is 1. The lowest BCUT2D eigenvalue weighted by Gasteiger charge is -2.30. The van der Waals surface area contributed by atoms with Gasteiger partial charge in [0, 0.05) is 12.1 Å². The Morgan fingerprint density at radius 1 is 1.29 bits per heavy atom. The van der Waals surface area contributed by atoms with Gasteiger partial charge in [0.1, 0.15) is 0 Å². The summed E-state index contributed by atoms with van der Waals surface area (Å²) in [6.07, 6.45) is 7.72. The summed E-state index contributed by atoms with van der Waals surface area (Å²) in [6, 6.07) is 10.2. The van der Waals surface area contributed by atoms with Crippen LogP contribution in [0.15, 0.2) is 24.3 Å². The van der Waals surface area contributed by atoms with Gasteiger partial charge in [-0.3, -0.25) is 0 Å². The second-order valence-electron chi connectivity index (χ2n) is 5.20. The van der Waals surface area contributed by atoms with Gasteiger partial charge in [0.05, 0.1) is 0 Å². The van der Waals surface area contributed by atoms with E-state index >= 15 is 0 Å². The molecule has 0 saturated heterocycles. The minimum atomic E-state index is 0.594. The predicted octanol–water partition coefficient (Wildman–Crippen LogP) is 4.23. The SMILES string of the molecule is CCCC(CC)NC1CCCc2ccccc21. The predicted molar refractivity (Wildman–Crippen MR) is 74.2 cm³/mol. The molecule has 2 atom stereocenters. The first-order valence-electron chi connectivity index (χ1n) is 7.19. The molecule has 1 heteroatoms. The molecular formula is C16H25N. The van der Waals surface area contributed by atoms with E-state index in [1.807, 2.05) is 0 Å². The van der Waals surface area contributed by atoms with E-state index in [0.29, 0.717) is 12.1 Å². The zero-order valence-corrected chi connectivity index (χ0v) is 11.2. The molecule has 1 nitrogen and oxygen atoms in total. The maximum Gasteiger partial charge on any atom is 0.0325 e. The number of nitrogens with one attached hydrogen (secondary N) is 1. The number of hydrogen-bond donors (Lipinski definition) is 1. The fourth-order valence-corrected chi connectivity index (χ4v) is 2.97. The molecule has 0 heterocycles. The molecule has 0 aromatic heterocycles. The second kappa shape index (κ2) is 6.20. The van der Waals surface area contributed by atoms with Crippen LogP contribution in [0.25, 0.3) is 0 Å². The highest BCUT2D eigenvalue weighted by atomic mass is 14.9. The van der Waals surface area contributed by atoms with E-state index in [4.69, 9.17) is 0 Å². The molecule has 1 aliphatic carbocycles. The molecule has 0 amide bonds. The number of rotatable bonds is 5. The first-order chi connectivity index (χ1) is 8.35. The van der Waals surface area contributed by atoms with Gasteiger partial charge in [0.15, 0.2) is 0 Å². The molecule has 1 aromatic rings. The third-order valence-electron chi connectivity index (χ3n) is 3.94. The van der Waals surface area contributed by atoms with Crippen LogP contribution < -0.4 is 5.32 Å². The molecule has 1 aromatic carbocycles. The Balaban J connectivity index is 2.07. The van der Waals surface area contributed by atoms with E-state index in [0.717, 1.165) is 0 Å².